The Morgan fingerprint density at radius 2 is 0.852 bits per heavy atom. The van der Waals surface area contributed by atoms with E-state index in [-0.39, 0.29) is 84.9 Å². The van der Waals surface area contributed by atoms with Gasteiger partial charge in [-0.15, -0.1) is 84.9 Å². The summed E-state index contributed by atoms with van der Waals surface area (Å²) in [6, 6.07) is 0. The van der Waals surface area contributed by atoms with Crippen LogP contribution >= 0.6 is 84.9 Å². The standard InChI is InChI=1S/C16H38N6.5BrH/c1-19-7-3-9-21(11-5-17)15-16-22(12-6-18)10-4-8-20(2)14-13-19;;;;;/h3-18H2,1-2H3;5*1H. The van der Waals surface area contributed by atoms with Crippen molar-refractivity contribution in [3.8, 4) is 0 Å². The highest BCUT2D eigenvalue weighted by Crippen LogP contribution is 2.00. The number of rotatable bonds is 4. The largest absolute Gasteiger partial charge is 0.329 e. The van der Waals surface area contributed by atoms with E-state index in [2.05, 4.69) is 33.7 Å². The van der Waals surface area contributed by atoms with E-state index >= 15 is 0 Å². The lowest BCUT2D eigenvalue weighted by atomic mass is 10.3. The number of nitrogens with two attached hydrogens (primary N) is 2. The van der Waals surface area contributed by atoms with Crippen LogP contribution in [-0.4, -0.2) is 112 Å². The van der Waals surface area contributed by atoms with E-state index in [1.807, 2.05) is 0 Å². The molecule has 1 fully saturated rings. The number of hydrogen-bond acceptors (Lipinski definition) is 6. The quantitative estimate of drug-likeness (QED) is 0.465. The second-order valence-electron chi connectivity index (χ2n) is 6.57. The number of likely N-dealkylation sites (N-methyl/N-ethyl adjacent to an activating group) is 2. The molecule has 0 spiro atoms. The van der Waals surface area contributed by atoms with Crippen molar-refractivity contribution in [3.63, 3.8) is 0 Å². The lowest BCUT2D eigenvalue weighted by Gasteiger charge is -2.29. The van der Waals surface area contributed by atoms with E-state index in [0.717, 1.165) is 65.4 Å². The van der Waals surface area contributed by atoms with Crippen LogP contribution in [0.3, 0.4) is 0 Å². The van der Waals surface area contributed by atoms with E-state index in [4.69, 9.17) is 11.5 Å². The molecule has 0 amide bonds. The highest BCUT2D eigenvalue weighted by atomic mass is 79.9. The van der Waals surface area contributed by atoms with Gasteiger partial charge in [-0.25, -0.2) is 0 Å². The highest BCUT2D eigenvalue weighted by molar-refractivity contribution is 8.93. The van der Waals surface area contributed by atoms with Crippen molar-refractivity contribution >= 4 is 84.9 Å². The molecule has 1 heterocycles. The maximum Gasteiger partial charge on any atom is 0.0110 e. The zero-order chi connectivity index (χ0) is 16.2. The summed E-state index contributed by atoms with van der Waals surface area (Å²) >= 11 is 0. The second kappa shape index (κ2) is 26.2. The summed E-state index contributed by atoms with van der Waals surface area (Å²) in [7, 11) is 4.46. The van der Waals surface area contributed by atoms with E-state index < -0.39 is 0 Å². The van der Waals surface area contributed by atoms with Crippen LogP contribution in [0.4, 0.5) is 0 Å². The monoisotopic (exact) mass is 714 g/mol. The Morgan fingerprint density at radius 1 is 0.519 bits per heavy atom. The van der Waals surface area contributed by atoms with Gasteiger partial charge in [0.1, 0.15) is 0 Å². The molecule has 0 bridgehead atoms. The molecule has 0 radical (unpaired) electrons. The van der Waals surface area contributed by atoms with Gasteiger partial charge < -0.3 is 31.1 Å². The Balaban J connectivity index is -0.000000323. The molecule has 0 atom stereocenters. The van der Waals surface area contributed by atoms with Crippen LogP contribution in [-0.2, 0) is 0 Å². The molecule has 0 unspecified atom stereocenters. The summed E-state index contributed by atoms with van der Waals surface area (Å²) in [5, 5.41) is 0. The third-order valence-electron chi connectivity index (χ3n) is 4.51. The lowest BCUT2D eigenvalue weighted by Crippen LogP contribution is -2.42. The molecule has 6 nitrogen and oxygen atoms in total. The Morgan fingerprint density at radius 3 is 1.15 bits per heavy atom. The minimum atomic E-state index is 0. The summed E-state index contributed by atoms with van der Waals surface area (Å²) in [6.07, 6.45) is 2.44. The highest BCUT2D eigenvalue weighted by Gasteiger charge is 2.11. The lowest BCUT2D eigenvalue weighted by molar-refractivity contribution is 0.180. The molecule has 172 valence electrons. The van der Waals surface area contributed by atoms with Crippen molar-refractivity contribution < 1.29 is 0 Å². The third-order valence-corrected chi connectivity index (χ3v) is 4.51. The van der Waals surface area contributed by atoms with Crippen LogP contribution < -0.4 is 11.5 Å². The van der Waals surface area contributed by atoms with Crippen LogP contribution in [0.25, 0.3) is 0 Å². The Hall–Kier alpha value is 2.16. The molecule has 1 aliphatic rings. The number of nitrogens with zero attached hydrogens (tertiary/aromatic N) is 4. The zero-order valence-electron chi connectivity index (χ0n) is 16.9. The number of halogens is 5. The molecule has 0 saturated carbocycles. The van der Waals surface area contributed by atoms with Crippen molar-refractivity contribution in [1.29, 1.82) is 0 Å². The maximum absolute atomic E-state index is 5.77. The molecule has 0 aromatic heterocycles. The molecule has 0 aromatic rings. The van der Waals surface area contributed by atoms with Crippen molar-refractivity contribution in [3.05, 3.63) is 0 Å². The van der Waals surface area contributed by atoms with Crippen LogP contribution in [0.2, 0.25) is 0 Å². The molecule has 1 aliphatic heterocycles. The van der Waals surface area contributed by atoms with E-state index in [1.54, 1.807) is 0 Å². The second-order valence-corrected chi connectivity index (χ2v) is 6.57. The smallest absolute Gasteiger partial charge is 0.0110 e. The molecular weight excluding hydrogens is 676 g/mol. The molecule has 0 aromatic carbocycles. The summed E-state index contributed by atoms with van der Waals surface area (Å²) in [4.78, 5) is 9.91. The fraction of sp³-hybridized carbons (Fsp3) is 1.00. The number of hydrogen-bond donors (Lipinski definition) is 2. The van der Waals surface area contributed by atoms with Crippen molar-refractivity contribution in [2.45, 2.75) is 12.8 Å². The van der Waals surface area contributed by atoms with Crippen molar-refractivity contribution in [2.75, 3.05) is 92.6 Å². The van der Waals surface area contributed by atoms with Crippen LogP contribution in [0.1, 0.15) is 12.8 Å². The fourth-order valence-corrected chi connectivity index (χ4v) is 3.01. The van der Waals surface area contributed by atoms with Gasteiger partial charge in [0.05, 0.1) is 0 Å². The molecule has 1 rings (SSSR count). The summed E-state index contributed by atoms with van der Waals surface area (Å²) < 4.78 is 0. The van der Waals surface area contributed by atoms with Gasteiger partial charge in [0, 0.05) is 52.4 Å². The molecule has 0 aliphatic carbocycles. The van der Waals surface area contributed by atoms with Gasteiger partial charge in [0.2, 0.25) is 0 Å². The fourth-order valence-electron chi connectivity index (χ4n) is 3.01. The van der Waals surface area contributed by atoms with Crippen molar-refractivity contribution in [2.24, 2.45) is 11.5 Å². The van der Waals surface area contributed by atoms with E-state index in [0.29, 0.717) is 0 Å². The van der Waals surface area contributed by atoms with Crippen LogP contribution in [0.5, 0.6) is 0 Å². The summed E-state index contributed by atoms with van der Waals surface area (Å²) in [5.41, 5.74) is 11.5. The van der Waals surface area contributed by atoms with Crippen molar-refractivity contribution in [1.82, 2.24) is 19.6 Å². The molecular formula is C16H43Br5N6. The average Bonchev–Trinajstić information content (AvgIpc) is 2.49. The molecule has 1 saturated heterocycles. The van der Waals surface area contributed by atoms with Crippen LogP contribution in [0.15, 0.2) is 0 Å². The SMILES string of the molecule is Br.Br.Br.Br.Br.CN1CCCN(CCN)CCN(CCN)CCCN(C)CC1. The van der Waals surface area contributed by atoms with Crippen LogP contribution in [0, 0.1) is 0 Å². The first-order chi connectivity index (χ1) is 10.7. The normalized spacial score (nSPS) is 19.1. The first-order valence-corrected chi connectivity index (χ1v) is 8.87. The summed E-state index contributed by atoms with van der Waals surface area (Å²) in [5.74, 6) is 0. The first-order valence-electron chi connectivity index (χ1n) is 8.87. The minimum Gasteiger partial charge on any atom is -0.329 e. The topological polar surface area (TPSA) is 65.0 Å². The van der Waals surface area contributed by atoms with Gasteiger partial charge in [0.15, 0.2) is 0 Å². The van der Waals surface area contributed by atoms with Gasteiger partial charge >= 0.3 is 0 Å². The van der Waals surface area contributed by atoms with E-state index in [9.17, 15) is 0 Å². The third kappa shape index (κ3) is 21.2. The Bertz CT molecular complexity index is 256. The van der Waals surface area contributed by atoms with Gasteiger partial charge in [-0.05, 0) is 53.1 Å². The Labute approximate surface area is 219 Å². The predicted octanol–water partition coefficient (Wildman–Crippen LogP) is 2.05. The molecule has 27 heavy (non-hydrogen) atoms. The summed E-state index contributed by atoms with van der Waals surface area (Å²) in [6.45, 7) is 12.7. The van der Waals surface area contributed by atoms with Gasteiger partial charge in [-0.2, -0.15) is 0 Å². The predicted molar refractivity (Wildman–Crippen MR) is 147 cm³/mol. The zero-order valence-corrected chi connectivity index (χ0v) is 25.4. The van der Waals surface area contributed by atoms with Gasteiger partial charge in [-0.1, -0.05) is 0 Å². The maximum atomic E-state index is 5.77. The minimum absolute atomic E-state index is 0. The average molecular weight is 719 g/mol. The first kappa shape index (κ1) is 39.6. The van der Waals surface area contributed by atoms with Gasteiger partial charge in [0.25, 0.3) is 0 Å². The van der Waals surface area contributed by atoms with Gasteiger partial charge in [-0.3, -0.25) is 0 Å². The molecule has 11 heteroatoms. The van der Waals surface area contributed by atoms with E-state index in [1.165, 1.54) is 25.9 Å². The Kier molecular flexibility index (Phi) is 38.4. The molecule has 4 N–H and O–H groups in total.